The number of benzene rings is 1. The first-order chi connectivity index (χ1) is 9.84. The van der Waals surface area contributed by atoms with E-state index in [-0.39, 0.29) is 10.8 Å². The maximum absolute atomic E-state index is 6.25. The zero-order valence-electron chi connectivity index (χ0n) is 13.5. The van der Waals surface area contributed by atoms with E-state index in [0.29, 0.717) is 5.41 Å². The zero-order chi connectivity index (χ0) is 15.3. The van der Waals surface area contributed by atoms with Crippen LogP contribution in [-0.2, 0) is 5.41 Å². The van der Waals surface area contributed by atoms with Gasteiger partial charge < -0.3 is 5.73 Å². The quantitative estimate of drug-likeness (QED) is 0.809. The lowest BCUT2D eigenvalue weighted by atomic mass is 9.58. The van der Waals surface area contributed by atoms with E-state index in [4.69, 9.17) is 18.0 Å². The van der Waals surface area contributed by atoms with Gasteiger partial charge in [-0.05, 0) is 54.4 Å². The SMILES string of the molecule is CCC1(c2ccccc2)CC2CC(C(N)=S)(C1)CC2(C)C. The first kappa shape index (κ1) is 15.0. The minimum absolute atomic E-state index is 0.0770. The summed E-state index contributed by atoms with van der Waals surface area (Å²) in [5.41, 5.74) is 8.41. The molecule has 0 aromatic heterocycles. The molecule has 2 N–H and O–H groups in total. The van der Waals surface area contributed by atoms with Gasteiger partial charge in [0, 0.05) is 5.41 Å². The molecule has 0 heterocycles. The van der Waals surface area contributed by atoms with Crippen molar-refractivity contribution in [3.8, 4) is 0 Å². The van der Waals surface area contributed by atoms with Gasteiger partial charge in [-0.15, -0.1) is 0 Å². The van der Waals surface area contributed by atoms with Crippen LogP contribution in [0.15, 0.2) is 30.3 Å². The number of hydrogen-bond donors (Lipinski definition) is 1. The number of hydrogen-bond acceptors (Lipinski definition) is 1. The first-order valence-electron chi connectivity index (χ1n) is 8.19. The Hall–Kier alpha value is -0.890. The van der Waals surface area contributed by atoms with Crippen molar-refractivity contribution in [1.82, 2.24) is 0 Å². The summed E-state index contributed by atoms with van der Waals surface area (Å²) in [6.07, 6.45) is 5.95. The van der Waals surface area contributed by atoms with Crippen molar-refractivity contribution in [1.29, 1.82) is 0 Å². The molecule has 1 nitrogen and oxygen atoms in total. The second-order valence-corrected chi connectivity index (χ2v) is 8.53. The molecule has 2 fully saturated rings. The molecule has 2 aliphatic carbocycles. The second kappa shape index (κ2) is 4.81. The van der Waals surface area contributed by atoms with Crippen molar-refractivity contribution in [2.75, 3.05) is 0 Å². The Bertz CT molecular complexity index is 550. The molecule has 2 aliphatic rings. The van der Waals surface area contributed by atoms with E-state index in [9.17, 15) is 0 Å². The van der Waals surface area contributed by atoms with Gasteiger partial charge >= 0.3 is 0 Å². The third kappa shape index (κ3) is 2.23. The van der Waals surface area contributed by atoms with Crippen LogP contribution in [0.1, 0.15) is 58.4 Å². The number of rotatable bonds is 3. The van der Waals surface area contributed by atoms with Crippen LogP contribution in [-0.4, -0.2) is 4.99 Å². The molecule has 1 aromatic rings. The van der Waals surface area contributed by atoms with Gasteiger partial charge in [-0.25, -0.2) is 0 Å². The highest BCUT2D eigenvalue weighted by molar-refractivity contribution is 7.80. The van der Waals surface area contributed by atoms with Gasteiger partial charge in [0.15, 0.2) is 0 Å². The third-order valence-corrected chi connectivity index (χ3v) is 6.87. The lowest BCUT2D eigenvalue weighted by Gasteiger charge is -2.46. The summed E-state index contributed by atoms with van der Waals surface area (Å²) in [6.45, 7) is 7.15. The van der Waals surface area contributed by atoms with E-state index in [1.54, 1.807) is 0 Å². The van der Waals surface area contributed by atoms with Gasteiger partial charge in [-0.3, -0.25) is 0 Å². The van der Waals surface area contributed by atoms with Crippen LogP contribution >= 0.6 is 12.2 Å². The zero-order valence-corrected chi connectivity index (χ0v) is 14.3. The fourth-order valence-corrected chi connectivity index (χ4v) is 5.50. The Morgan fingerprint density at radius 1 is 1.19 bits per heavy atom. The molecule has 0 saturated heterocycles. The fraction of sp³-hybridized carbons (Fsp3) is 0.632. The summed E-state index contributed by atoms with van der Waals surface area (Å²) in [5.74, 6) is 0.730. The minimum Gasteiger partial charge on any atom is -0.393 e. The molecule has 0 radical (unpaired) electrons. The normalized spacial score (nSPS) is 37.4. The highest BCUT2D eigenvalue weighted by Crippen LogP contribution is 2.65. The predicted octanol–water partition coefficient (Wildman–Crippen LogP) is 4.84. The van der Waals surface area contributed by atoms with Gasteiger partial charge in [0.05, 0.1) is 4.99 Å². The van der Waals surface area contributed by atoms with Crippen molar-refractivity contribution < 1.29 is 0 Å². The van der Waals surface area contributed by atoms with Crippen LogP contribution < -0.4 is 5.73 Å². The molecule has 0 spiro atoms. The molecule has 3 unspecified atom stereocenters. The Morgan fingerprint density at radius 3 is 2.43 bits per heavy atom. The van der Waals surface area contributed by atoms with Gasteiger partial charge in [-0.2, -0.15) is 0 Å². The van der Waals surface area contributed by atoms with Crippen molar-refractivity contribution >= 4 is 17.2 Å². The van der Waals surface area contributed by atoms with E-state index in [2.05, 4.69) is 51.1 Å². The fourth-order valence-electron chi connectivity index (χ4n) is 5.27. The minimum atomic E-state index is 0.0770. The summed E-state index contributed by atoms with van der Waals surface area (Å²) >= 11 is 5.53. The smallest absolute Gasteiger partial charge is 0.0790 e. The molecular weight excluding hydrogens is 274 g/mol. The van der Waals surface area contributed by atoms with Crippen molar-refractivity contribution in [3.63, 3.8) is 0 Å². The standard InChI is InChI=1S/C19H27NS/c1-4-18(14-8-6-5-7-9-14)10-15-11-19(13-18,16(20)21)12-17(15,2)3/h5-9,15H,4,10-13H2,1-3H3,(H2,20,21). The van der Waals surface area contributed by atoms with E-state index in [0.717, 1.165) is 23.7 Å². The Morgan fingerprint density at radius 2 is 1.86 bits per heavy atom. The molecular formula is C19H27NS. The van der Waals surface area contributed by atoms with Crippen molar-refractivity contribution in [2.24, 2.45) is 22.5 Å². The summed E-state index contributed by atoms with van der Waals surface area (Å²) in [4.78, 5) is 0.756. The van der Waals surface area contributed by atoms with E-state index in [1.165, 1.54) is 24.8 Å². The Kier molecular flexibility index (Phi) is 3.44. The van der Waals surface area contributed by atoms with Gasteiger partial charge in [-0.1, -0.05) is 63.3 Å². The molecule has 0 aliphatic heterocycles. The van der Waals surface area contributed by atoms with Crippen molar-refractivity contribution in [3.05, 3.63) is 35.9 Å². The maximum Gasteiger partial charge on any atom is 0.0790 e. The number of thiocarbonyl (C=S) groups is 1. The highest BCUT2D eigenvalue weighted by atomic mass is 32.1. The highest BCUT2D eigenvalue weighted by Gasteiger charge is 2.59. The topological polar surface area (TPSA) is 26.0 Å². The predicted molar refractivity (Wildman–Crippen MR) is 93.4 cm³/mol. The monoisotopic (exact) mass is 301 g/mol. The molecule has 0 amide bonds. The van der Waals surface area contributed by atoms with Crippen molar-refractivity contribution in [2.45, 2.75) is 58.3 Å². The lowest BCUT2D eigenvalue weighted by molar-refractivity contribution is 0.151. The van der Waals surface area contributed by atoms with Gasteiger partial charge in [0.1, 0.15) is 0 Å². The lowest BCUT2D eigenvalue weighted by Crippen LogP contribution is -2.44. The summed E-state index contributed by atoms with van der Waals surface area (Å²) in [6, 6.07) is 11.0. The van der Waals surface area contributed by atoms with Gasteiger partial charge in [0.2, 0.25) is 0 Å². The molecule has 21 heavy (non-hydrogen) atoms. The van der Waals surface area contributed by atoms with Crippen LogP contribution in [0.3, 0.4) is 0 Å². The summed E-state index contributed by atoms with van der Waals surface area (Å²) in [7, 11) is 0. The molecule has 2 bridgehead atoms. The van der Waals surface area contributed by atoms with Crippen LogP contribution in [0, 0.1) is 16.7 Å². The Balaban J connectivity index is 2.08. The van der Waals surface area contributed by atoms with E-state index < -0.39 is 0 Å². The average molecular weight is 301 g/mol. The summed E-state index contributed by atoms with van der Waals surface area (Å²) in [5, 5.41) is 0. The third-order valence-electron chi connectivity index (χ3n) is 6.44. The van der Waals surface area contributed by atoms with Gasteiger partial charge in [0.25, 0.3) is 0 Å². The number of fused-ring (bicyclic) bond motifs is 2. The molecule has 2 heteroatoms. The van der Waals surface area contributed by atoms with E-state index >= 15 is 0 Å². The number of nitrogens with two attached hydrogens (primary N) is 1. The molecule has 1 aromatic carbocycles. The summed E-state index contributed by atoms with van der Waals surface area (Å²) < 4.78 is 0. The van der Waals surface area contributed by atoms with Crippen LogP contribution in [0.5, 0.6) is 0 Å². The second-order valence-electron chi connectivity index (χ2n) is 8.09. The van der Waals surface area contributed by atoms with Crippen LogP contribution in [0.2, 0.25) is 0 Å². The molecule has 3 atom stereocenters. The molecule has 2 saturated carbocycles. The van der Waals surface area contributed by atoms with Crippen LogP contribution in [0.25, 0.3) is 0 Å². The van der Waals surface area contributed by atoms with E-state index in [1.807, 2.05) is 0 Å². The average Bonchev–Trinajstić information content (AvgIpc) is 2.66. The largest absolute Gasteiger partial charge is 0.393 e. The Labute approximate surface area is 134 Å². The first-order valence-corrected chi connectivity index (χ1v) is 8.60. The molecule has 3 rings (SSSR count). The van der Waals surface area contributed by atoms with Crippen LogP contribution in [0.4, 0.5) is 0 Å². The molecule has 114 valence electrons. The maximum atomic E-state index is 6.25.